The van der Waals surface area contributed by atoms with Crippen LogP contribution in [0.15, 0.2) is 0 Å². The highest BCUT2D eigenvalue weighted by molar-refractivity contribution is 7.47. The Morgan fingerprint density at radius 2 is 0.505 bits per heavy atom. The van der Waals surface area contributed by atoms with E-state index >= 15 is 0 Å². The Bertz CT molecular complexity index is 1750. The molecule has 0 aliphatic carbocycles. The molecule has 0 saturated heterocycles. The number of aliphatic hydroxyl groups excluding tert-OH is 1. The largest absolute Gasteiger partial charge is 0.472 e. The van der Waals surface area contributed by atoms with Crippen LogP contribution in [0.25, 0.3) is 0 Å². The Kier molecular flexibility index (Phi) is 64.0. The molecule has 0 rings (SSSR count). The van der Waals surface area contributed by atoms with Crippen molar-refractivity contribution < 1.29 is 80.2 Å². The van der Waals surface area contributed by atoms with Gasteiger partial charge in [0.25, 0.3) is 0 Å². The van der Waals surface area contributed by atoms with E-state index in [1.165, 1.54) is 186 Å². The summed E-state index contributed by atoms with van der Waals surface area (Å²) in [6.45, 7) is 7.24. The van der Waals surface area contributed by atoms with Gasteiger partial charge in [0.2, 0.25) is 0 Å². The molecule has 0 saturated carbocycles. The van der Waals surface area contributed by atoms with E-state index in [4.69, 9.17) is 37.0 Å². The average molecular weight is 1340 g/mol. The molecule has 17 nitrogen and oxygen atoms in total. The minimum atomic E-state index is -4.95. The predicted molar refractivity (Wildman–Crippen MR) is 368 cm³/mol. The van der Waals surface area contributed by atoms with E-state index in [1.54, 1.807) is 0 Å². The third-order valence-corrected chi connectivity index (χ3v) is 18.7. The third kappa shape index (κ3) is 66.5. The van der Waals surface area contributed by atoms with E-state index in [0.717, 1.165) is 109 Å². The molecule has 2 unspecified atom stereocenters. The summed E-state index contributed by atoms with van der Waals surface area (Å²) in [6, 6.07) is 0. The lowest BCUT2D eigenvalue weighted by atomic mass is 10.0. The summed E-state index contributed by atoms with van der Waals surface area (Å²) >= 11 is 0. The molecule has 3 N–H and O–H groups in total. The number of carbonyl (C=O) groups excluding carboxylic acids is 4. The van der Waals surface area contributed by atoms with Gasteiger partial charge in [-0.1, -0.05) is 324 Å². The summed E-state index contributed by atoms with van der Waals surface area (Å²) in [5, 5.41) is 10.6. The van der Waals surface area contributed by atoms with Gasteiger partial charge >= 0.3 is 39.5 Å². The Morgan fingerprint density at radius 3 is 0.747 bits per heavy atom. The molecular weight excluding hydrogens is 1200 g/mol. The smallest absolute Gasteiger partial charge is 0.462 e. The Hall–Kier alpha value is -1.94. The zero-order valence-electron chi connectivity index (χ0n) is 59.0. The van der Waals surface area contributed by atoms with Gasteiger partial charge in [-0.3, -0.25) is 37.3 Å². The predicted octanol–water partition coefficient (Wildman–Crippen LogP) is 20.9. The molecular formula is C72H140O17P2. The standard InChI is InChI=1S/C72H140O17P2/c1-6-9-12-15-18-20-22-24-26-28-32-36-41-46-51-56-70(75)83-62-68(89-72(77)58-53-48-43-38-34-30-29-31-35-40-44-49-54-65(4)5)64-87-91(80,81)85-60-66(73)59-84-90(78,79)86-63-67(61-82-69(74)55-50-45-39-17-14-11-8-3)88-71(76)57-52-47-42-37-33-27-25-23-21-19-16-13-10-7-2/h65-68,73H,6-64H2,1-5H3,(H,78,79)(H,80,81)/t66-,67+,68+/m0/s1. The van der Waals surface area contributed by atoms with Gasteiger partial charge in [-0.25, -0.2) is 9.13 Å². The summed E-state index contributed by atoms with van der Waals surface area (Å²) in [4.78, 5) is 72.5. The second kappa shape index (κ2) is 65.4. The van der Waals surface area contributed by atoms with Crippen LogP contribution in [-0.2, 0) is 65.4 Å². The van der Waals surface area contributed by atoms with E-state index in [9.17, 15) is 43.2 Å². The molecule has 0 aliphatic rings. The van der Waals surface area contributed by atoms with Gasteiger partial charge in [0.05, 0.1) is 26.4 Å². The van der Waals surface area contributed by atoms with Crippen molar-refractivity contribution in [3.05, 3.63) is 0 Å². The number of rotatable bonds is 72. The Morgan fingerprint density at radius 1 is 0.297 bits per heavy atom. The highest BCUT2D eigenvalue weighted by Crippen LogP contribution is 2.45. The zero-order chi connectivity index (χ0) is 67.0. The number of unbranched alkanes of at least 4 members (excludes halogenated alkanes) is 44. The van der Waals surface area contributed by atoms with E-state index in [0.29, 0.717) is 25.7 Å². The second-order valence-electron chi connectivity index (χ2n) is 26.5. The molecule has 0 aromatic rings. The first-order chi connectivity index (χ1) is 44.0. The van der Waals surface area contributed by atoms with Crippen LogP contribution in [0, 0.1) is 5.92 Å². The molecule has 540 valence electrons. The molecule has 0 bridgehead atoms. The SMILES string of the molecule is CCCCCCCCCCCCCCCCCC(=O)OC[C@H](COP(=O)(O)OC[C@@H](O)COP(=O)(O)OC[C@@H](COC(=O)CCCCCCCCC)OC(=O)CCCCCCCCCCCCCCCC)OC(=O)CCCCCCCCCCCCCCC(C)C. The van der Waals surface area contributed by atoms with Crippen LogP contribution >= 0.6 is 15.6 Å². The molecule has 19 heteroatoms. The maximum absolute atomic E-state index is 13.0. The van der Waals surface area contributed by atoms with Crippen molar-refractivity contribution in [1.29, 1.82) is 0 Å². The van der Waals surface area contributed by atoms with Gasteiger partial charge in [-0.15, -0.1) is 0 Å². The van der Waals surface area contributed by atoms with Crippen LogP contribution in [0.3, 0.4) is 0 Å². The zero-order valence-corrected chi connectivity index (χ0v) is 60.8. The number of aliphatic hydroxyl groups is 1. The fourth-order valence-electron chi connectivity index (χ4n) is 11.0. The lowest BCUT2D eigenvalue weighted by Gasteiger charge is -2.21. The number of esters is 4. The molecule has 0 aromatic carbocycles. The van der Waals surface area contributed by atoms with Crippen molar-refractivity contribution in [2.45, 2.75) is 393 Å². The van der Waals surface area contributed by atoms with Crippen LogP contribution in [-0.4, -0.2) is 96.7 Å². The Balaban J connectivity index is 5.20. The summed E-state index contributed by atoms with van der Waals surface area (Å²) in [7, 11) is -9.90. The lowest BCUT2D eigenvalue weighted by Crippen LogP contribution is -2.30. The molecule has 0 radical (unpaired) electrons. The van der Waals surface area contributed by atoms with Crippen molar-refractivity contribution in [3.63, 3.8) is 0 Å². The molecule has 5 atom stereocenters. The van der Waals surface area contributed by atoms with Crippen molar-refractivity contribution in [1.82, 2.24) is 0 Å². The minimum Gasteiger partial charge on any atom is -0.462 e. The summed E-state index contributed by atoms with van der Waals surface area (Å²) in [6.07, 6.45) is 52.7. The van der Waals surface area contributed by atoms with E-state index in [-0.39, 0.29) is 25.7 Å². The number of phosphoric ester groups is 2. The molecule has 0 aliphatic heterocycles. The fraction of sp³-hybridized carbons (Fsp3) is 0.944. The number of hydrogen-bond acceptors (Lipinski definition) is 15. The van der Waals surface area contributed by atoms with Crippen molar-refractivity contribution >= 4 is 39.5 Å². The van der Waals surface area contributed by atoms with Crippen molar-refractivity contribution in [2.24, 2.45) is 5.92 Å². The monoisotopic (exact) mass is 1340 g/mol. The number of ether oxygens (including phenoxy) is 4. The van der Waals surface area contributed by atoms with Gasteiger partial charge < -0.3 is 33.8 Å². The highest BCUT2D eigenvalue weighted by atomic mass is 31.2. The van der Waals surface area contributed by atoms with Crippen LogP contribution in [0.1, 0.15) is 375 Å². The molecule has 0 fully saturated rings. The number of carbonyl (C=O) groups is 4. The highest BCUT2D eigenvalue weighted by Gasteiger charge is 2.30. The third-order valence-electron chi connectivity index (χ3n) is 16.8. The van der Waals surface area contributed by atoms with Crippen LogP contribution < -0.4 is 0 Å². The van der Waals surface area contributed by atoms with Gasteiger partial charge in [-0.2, -0.15) is 0 Å². The number of hydrogen-bond donors (Lipinski definition) is 3. The molecule has 91 heavy (non-hydrogen) atoms. The van der Waals surface area contributed by atoms with Gasteiger partial charge in [-0.05, 0) is 31.6 Å². The van der Waals surface area contributed by atoms with E-state index in [2.05, 4.69) is 34.6 Å². The minimum absolute atomic E-state index is 0.108. The molecule has 0 aromatic heterocycles. The second-order valence-corrected chi connectivity index (χ2v) is 29.4. The van der Waals surface area contributed by atoms with E-state index in [1.807, 2.05) is 0 Å². The average Bonchev–Trinajstić information content (AvgIpc) is 3.51. The van der Waals surface area contributed by atoms with Crippen LogP contribution in [0.5, 0.6) is 0 Å². The fourth-order valence-corrected chi connectivity index (χ4v) is 12.6. The first-order valence-corrected chi connectivity index (χ1v) is 40.6. The van der Waals surface area contributed by atoms with Crippen molar-refractivity contribution in [2.75, 3.05) is 39.6 Å². The number of phosphoric acid groups is 2. The van der Waals surface area contributed by atoms with Gasteiger partial charge in [0, 0.05) is 25.7 Å². The quantitative estimate of drug-likeness (QED) is 0.0222. The summed E-state index contributed by atoms with van der Waals surface area (Å²) in [5.41, 5.74) is 0. The first kappa shape index (κ1) is 89.1. The topological polar surface area (TPSA) is 237 Å². The van der Waals surface area contributed by atoms with Crippen LogP contribution in [0.4, 0.5) is 0 Å². The molecule has 0 heterocycles. The summed E-state index contributed by atoms with van der Waals surface area (Å²) in [5.74, 6) is -1.34. The van der Waals surface area contributed by atoms with Gasteiger partial charge in [0.15, 0.2) is 12.2 Å². The van der Waals surface area contributed by atoms with Crippen LogP contribution in [0.2, 0.25) is 0 Å². The van der Waals surface area contributed by atoms with E-state index < -0.39 is 97.5 Å². The molecule has 0 amide bonds. The lowest BCUT2D eigenvalue weighted by molar-refractivity contribution is -0.161. The maximum atomic E-state index is 13.0. The molecule has 0 spiro atoms. The van der Waals surface area contributed by atoms with Gasteiger partial charge in [0.1, 0.15) is 19.3 Å². The normalized spacial score (nSPS) is 14.0. The van der Waals surface area contributed by atoms with Crippen molar-refractivity contribution in [3.8, 4) is 0 Å². The summed E-state index contributed by atoms with van der Waals surface area (Å²) < 4.78 is 68.3. The maximum Gasteiger partial charge on any atom is 0.472 e. The Labute approximate surface area is 556 Å². The first-order valence-electron chi connectivity index (χ1n) is 37.6.